The summed E-state index contributed by atoms with van der Waals surface area (Å²) in [6.45, 7) is 3.15. The fourth-order valence-corrected chi connectivity index (χ4v) is 2.42. The Morgan fingerprint density at radius 2 is 2.21 bits per heavy atom. The van der Waals surface area contributed by atoms with Crippen LogP contribution in [0.25, 0.3) is 0 Å². The van der Waals surface area contributed by atoms with Crippen molar-refractivity contribution in [1.29, 1.82) is 0 Å². The van der Waals surface area contributed by atoms with E-state index in [9.17, 15) is 0 Å². The smallest absolute Gasteiger partial charge is 0.133 e. The predicted octanol–water partition coefficient (Wildman–Crippen LogP) is 3.20. The van der Waals surface area contributed by atoms with Gasteiger partial charge in [-0.1, -0.05) is 18.5 Å². The monoisotopic (exact) mass is 276 g/mol. The average Bonchev–Trinajstić information content (AvgIpc) is 3.14. The third-order valence-corrected chi connectivity index (χ3v) is 3.51. The average molecular weight is 277 g/mol. The molecule has 0 aliphatic heterocycles. The maximum atomic E-state index is 6.08. The number of imidazole rings is 1. The fraction of sp³-hybridized carbons (Fsp3) is 0.500. The molecule has 1 aliphatic carbocycles. The van der Waals surface area contributed by atoms with E-state index >= 15 is 0 Å². The Hall–Kier alpha value is -1.42. The highest BCUT2D eigenvalue weighted by molar-refractivity contribution is 6.29. The van der Waals surface area contributed by atoms with Gasteiger partial charge in [-0.3, -0.25) is 0 Å². The van der Waals surface area contributed by atoms with Crippen LogP contribution in [0.2, 0.25) is 5.15 Å². The van der Waals surface area contributed by atoms with E-state index in [0.717, 1.165) is 36.7 Å². The van der Waals surface area contributed by atoms with Gasteiger partial charge in [-0.15, -0.1) is 0 Å². The SMILES string of the molecule is CCCn1ccnc1Cc1cc(Cl)nc(C2CC2)n1. The molecule has 1 aliphatic rings. The second-order valence-electron chi connectivity index (χ2n) is 5.03. The summed E-state index contributed by atoms with van der Waals surface area (Å²) >= 11 is 6.08. The van der Waals surface area contributed by atoms with Crippen molar-refractivity contribution in [2.75, 3.05) is 0 Å². The molecular weight excluding hydrogens is 260 g/mol. The first-order chi connectivity index (χ1) is 9.26. The summed E-state index contributed by atoms with van der Waals surface area (Å²) in [5.74, 6) is 2.46. The van der Waals surface area contributed by atoms with Gasteiger partial charge in [0.1, 0.15) is 16.8 Å². The molecule has 2 aromatic heterocycles. The molecule has 0 radical (unpaired) electrons. The lowest BCUT2D eigenvalue weighted by Gasteiger charge is -2.07. The summed E-state index contributed by atoms with van der Waals surface area (Å²) in [5.41, 5.74) is 0.963. The normalized spacial score (nSPS) is 14.8. The lowest BCUT2D eigenvalue weighted by Crippen LogP contribution is -2.06. The molecule has 0 aromatic carbocycles. The zero-order valence-corrected chi connectivity index (χ0v) is 11.8. The zero-order valence-electron chi connectivity index (χ0n) is 11.0. The molecular formula is C14H17ClN4. The molecule has 19 heavy (non-hydrogen) atoms. The number of halogens is 1. The first-order valence-electron chi connectivity index (χ1n) is 6.79. The highest BCUT2D eigenvalue weighted by Crippen LogP contribution is 2.38. The van der Waals surface area contributed by atoms with Crippen molar-refractivity contribution in [3.05, 3.63) is 41.0 Å². The molecule has 100 valence electrons. The molecule has 0 unspecified atom stereocenters. The van der Waals surface area contributed by atoms with E-state index in [1.165, 1.54) is 12.8 Å². The van der Waals surface area contributed by atoms with Gasteiger partial charge < -0.3 is 4.57 Å². The van der Waals surface area contributed by atoms with E-state index in [1.807, 2.05) is 18.5 Å². The topological polar surface area (TPSA) is 43.6 Å². The molecule has 1 fully saturated rings. The van der Waals surface area contributed by atoms with Crippen LogP contribution in [-0.2, 0) is 13.0 Å². The lowest BCUT2D eigenvalue weighted by atomic mass is 10.2. The van der Waals surface area contributed by atoms with Gasteiger partial charge in [-0.2, -0.15) is 0 Å². The van der Waals surface area contributed by atoms with E-state index in [-0.39, 0.29) is 0 Å². The predicted molar refractivity (Wildman–Crippen MR) is 74.3 cm³/mol. The van der Waals surface area contributed by atoms with Crippen LogP contribution in [0.15, 0.2) is 18.5 Å². The molecule has 2 heterocycles. The van der Waals surface area contributed by atoms with E-state index in [2.05, 4.69) is 26.4 Å². The van der Waals surface area contributed by atoms with Gasteiger partial charge >= 0.3 is 0 Å². The number of aromatic nitrogens is 4. The largest absolute Gasteiger partial charge is 0.335 e. The van der Waals surface area contributed by atoms with Gasteiger partial charge in [0, 0.05) is 31.3 Å². The molecule has 0 atom stereocenters. The molecule has 4 nitrogen and oxygen atoms in total. The first-order valence-corrected chi connectivity index (χ1v) is 7.17. The Balaban J connectivity index is 1.83. The summed E-state index contributed by atoms with van der Waals surface area (Å²) in [7, 11) is 0. The molecule has 0 bridgehead atoms. The van der Waals surface area contributed by atoms with Crippen molar-refractivity contribution in [2.45, 2.75) is 45.1 Å². The second kappa shape index (κ2) is 5.29. The molecule has 0 spiro atoms. The molecule has 0 N–H and O–H groups in total. The quantitative estimate of drug-likeness (QED) is 0.788. The Morgan fingerprint density at radius 1 is 1.37 bits per heavy atom. The molecule has 2 aromatic rings. The number of hydrogen-bond donors (Lipinski definition) is 0. The van der Waals surface area contributed by atoms with Crippen molar-refractivity contribution in [3.63, 3.8) is 0 Å². The number of rotatable bonds is 5. The highest BCUT2D eigenvalue weighted by atomic mass is 35.5. The molecule has 0 saturated heterocycles. The van der Waals surface area contributed by atoms with Crippen molar-refractivity contribution in [2.24, 2.45) is 0 Å². The van der Waals surface area contributed by atoms with Crippen LogP contribution in [0, 0.1) is 0 Å². The molecule has 3 rings (SSSR count). The molecule has 0 amide bonds. The van der Waals surface area contributed by atoms with Crippen molar-refractivity contribution in [1.82, 2.24) is 19.5 Å². The van der Waals surface area contributed by atoms with E-state index < -0.39 is 0 Å². The van der Waals surface area contributed by atoms with Crippen molar-refractivity contribution in [3.8, 4) is 0 Å². The lowest BCUT2D eigenvalue weighted by molar-refractivity contribution is 0.644. The van der Waals surface area contributed by atoms with E-state index in [1.54, 1.807) is 0 Å². The van der Waals surface area contributed by atoms with Gasteiger partial charge in [-0.05, 0) is 25.3 Å². The van der Waals surface area contributed by atoms with Crippen LogP contribution >= 0.6 is 11.6 Å². The van der Waals surface area contributed by atoms with Crippen LogP contribution in [0.3, 0.4) is 0 Å². The zero-order chi connectivity index (χ0) is 13.2. The molecule has 1 saturated carbocycles. The third kappa shape index (κ3) is 2.95. The second-order valence-corrected chi connectivity index (χ2v) is 5.42. The van der Waals surface area contributed by atoms with Crippen LogP contribution in [0.5, 0.6) is 0 Å². The van der Waals surface area contributed by atoms with Crippen LogP contribution in [0.1, 0.15) is 49.4 Å². The Kier molecular flexibility index (Phi) is 3.51. The summed E-state index contributed by atoms with van der Waals surface area (Å²) in [5, 5.41) is 0.542. The van der Waals surface area contributed by atoms with Gasteiger partial charge in [0.15, 0.2) is 0 Å². The van der Waals surface area contributed by atoms with Crippen LogP contribution < -0.4 is 0 Å². The maximum Gasteiger partial charge on any atom is 0.133 e. The van der Waals surface area contributed by atoms with Crippen molar-refractivity contribution >= 4 is 11.6 Å². The van der Waals surface area contributed by atoms with Gasteiger partial charge in [-0.25, -0.2) is 15.0 Å². The minimum absolute atomic E-state index is 0.521. The van der Waals surface area contributed by atoms with Crippen LogP contribution in [-0.4, -0.2) is 19.5 Å². The Bertz CT molecular complexity index is 575. The van der Waals surface area contributed by atoms with E-state index in [0.29, 0.717) is 11.1 Å². The molecule has 5 heteroatoms. The Labute approximate surface area is 117 Å². The minimum atomic E-state index is 0.521. The maximum absolute atomic E-state index is 6.08. The minimum Gasteiger partial charge on any atom is -0.335 e. The first kappa shape index (κ1) is 12.6. The summed E-state index contributed by atoms with van der Waals surface area (Å²) in [6, 6.07) is 1.85. The van der Waals surface area contributed by atoms with E-state index in [4.69, 9.17) is 11.6 Å². The number of aryl methyl sites for hydroxylation is 1. The van der Waals surface area contributed by atoms with Gasteiger partial charge in [0.25, 0.3) is 0 Å². The van der Waals surface area contributed by atoms with Crippen LogP contribution in [0.4, 0.5) is 0 Å². The number of nitrogens with zero attached hydrogens (tertiary/aromatic N) is 4. The summed E-state index contributed by atoms with van der Waals surface area (Å²) < 4.78 is 2.17. The fourth-order valence-electron chi connectivity index (χ4n) is 2.21. The highest BCUT2D eigenvalue weighted by Gasteiger charge is 2.27. The van der Waals surface area contributed by atoms with Gasteiger partial charge in [0.05, 0.1) is 5.69 Å². The van der Waals surface area contributed by atoms with Crippen molar-refractivity contribution < 1.29 is 0 Å². The Morgan fingerprint density at radius 3 is 2.95 bits per heavy atom. The van der Waals surface area contributed by atoms with Gasteiger partial charge in [0.2, 0.25) is 0 Å². The number of hydrogen-bond acceptors (Lipinski definition) is 3. The third-order valence-electron chi connectivity index (χ3n) is 3.31. The standard InChI is InChI=1S/C14H17ClN4/c1-2-6-19-7-5-16-13(19)9-11-8-12(15)18-14(17-11)10-3-4-10/h5,7-8,10H,2-4,6,9H2,1H3. The summed E-state index contributed by atoms with van der Waals surface area (Å²) in [4.78, 5) is 13.3. The summed E-state index contributed by atoms with van der Waals surface area (Å²) in [6.07, 6.45) is 8.05.